The standard InChI is InChI=1S/C20H25N3O3/c1-25-18-12-17(13-19(26-2)20(18)24)14-21-23-10-8-22(9-11-23)15-16-6-4-3-5-7-16/h3-7,12-14,24H,8-11,15H2,1-2H3/p+1/b21-14+. The van der Waals surface area contributed by atoms with Gasteiger partial charge in [0.05, 0.1) is 46.6 Å². The highest BCUT2D eigenvalue weighted by molar-refractivity contribution is 5.82. The SMILES string of the molecule is COc1cc(/C=N/N2CC[NH+](Cc3ccccc3)CC2)cc(OC)c1O. The van der Waals surface area contributed by atoms with E-state index in [1.165, 1.54) is 19.8 Å². The predicted molar refractivity (Wildman–Crippen MR) is 101 cm³/mol. The second kappa shape index (κ2) is 8.58. The van der Waals surface area contributed by atoms with Gasteiger partial charge in [-0.1, -0.05) is 30.3 Å². The summed E-state index contributed by atoms with van der Waals surface area (Å²) in [5.41, 5.74) is 2.21. The molecule has 138 valence electrons. The van der Waals surface area contributed by atoms with Crippen molar-refractivity contribution in [2.24, 2.45) is 5.10 Å². The lowest BCUT2D eigenvalue weighted by molar-refractivity contribution is -0.918. The summed E-state index contributed by atoms with van der Waals surface area (Å²) in [5, 5.41) is 16.6. The molecule has 6 heteroatoms. The average molecular weight is 356 g/mol. The Balaban J connectivity index is 1.57. The Morgan fingerprint density at radius 1 is 1.08 bits per heavy atom. The van der Waals surface area contributed by atoms with Crippen LogP contribution in [-0.2, 0) is 6.54 Å². The third kappa shape index (κ3) is 4.46. The fraction of sp³-hybridized carbons (Fsp3) is 0.350. The molecule has 1 saturated heterocycles. The molecule has 0 spiro atoms. The number of hydrogen-bond donors (Lipinski definition) is 2. The van der Waals surface area contributed by atoms with Crippen molar-refractivity contribution in [3.05, 3.63) is 53.6 Å². The number of phenols is 1. The second-order valence-electron chi connectivity index (χ2n) is 6.38. The fourth-order valence-corrected chi connectivity index (χ4v) is 3.12. The van der Waals surface area contributed by atoms with Gasteiger partial charge in [-0.05, 0) is 12.1 Å². The van der Waals surface area contributed by atoms with Crippen LogP contribution in [0.25, 0.3) is 0 Å². The van der Waals surface area contributed by atoms with Crippen molar-refractivity contribution < 1.29 is 19.5 Å². The molecule has 0 amide bonds. The van der Waals surface area contributed by atoms with Gasteiger partial charge in [-0.15, -0.1) is 0 Å². The Hall–Kier alpha value is -2.73. The summed E-state index contributed by atoms with van der Waals surface area (Å²) < 4.78 is 10.4. The van der Waals surface area contributed by atoms with Crippen LogP contribution in [0.2, 0.25) is 0 Å². The maximum Gasteiger partial charge on any atom is 0.200 e. The van der Waals surface area contributed by atoms with Crippen molar-refractivity contribution in [2.75, 3.05) is 40.4 Å². The number of quaternary nitrogens is 1. The largest absolute Gasteiger partial charge is 0.502 e. The normalized spacial score (nSPS) is 15.4. The number of rotatable bonds is 6. The first kappa shape index (κ1) is 18.1. The van der Waals surface area contributed by atoms with Gasteiger partial charge >= 0.3 is 0 Å². The molecule has 26 heavy (non-hydrogen) atoms. The molecule has 1 heterocycles. The first-order chi connectivity index (χ1) is 12.7. The zero-order valence-corrected chi connectivity index (χ0v) is 15.3. The molecule has 0 atom stereocenters. The van der Waals surface area contributed by atoms with Crippen LogP contribution in [0.4, 0.5) is 0 Å². The van der Waals surface area contributed by atoms with Gasteiger partial charge in [0.1, 0.15) is 6.54 Å². The summed E-state index contributed by atoms with van der Waals surface area (Å²) in [6.07, 6.45) is 1.78. The Kier molecular flexibility index (Phi) is 5.96. The topological polar surface area (TPSA) is 58.7 Å². The number of nitrogens with zero attached hydrogens (tertiary/aromatic N) is 2. The van der Waals surface area contributed by atoms with Crippen LogP contribution >= 0.6 is 0 Å². The quantitative estimate of drug-likeness (QED) is 0.763. The first-order valence-electron chi connectivity index (χ1n) is 8.81. The van der Waals surface area contributed by atoms with E-state index in [1.807, 2.05) is 0 Å². The summed E-state index contributed by atoms with van der Waals surface area (Å²) in [5.74, 6) is 0.760. The van der Waals surface area contributed by atoms with E-state index in [0.717, 1.165) is 38.3 Å². The van der Waals surface area contributed by atoms with E-state index < -0.39 is 0 Å². The first-order valence-corrected chi connectivity index (χ1v) is 8.81. The van der Waals surface area contributed by atoms with Crippen LogP contribution in [0.5, 0.6) is 17.2 Å². The zero-order valence-electron chi connectivity index (χ0n) is 15.3. The lowest BCUT2D eigenvalue weighted by atomic mass is 10.2. The van der Waals surface area contributed by atoms with Crippen LogP contribution in [-0.4, -0.2) is 56.7 Å². The Bertz CT molecular complexity index is 716. The molecule has 1 aliphatic rings. The van der Waals surface area contributed by atoms with E-state index in [2.05, 4.69) is 40.4 Å². The monoisotopic (exact) mass is 356 g/mol. The summed E-state index contributed by atoms with van der Waals surface area (Å²) in [6.45, 7) is 5.03. The molecule has 3 rings (SSSR count). The Labute approximate surface area is 154 Å². The molecule has 2 N–H and O–H groups in total. The highest BCUT2D eigenvalue weighted by Gasteiger charge is 2.18. The number of nitrogens with one attached hydrogen (secondary N) is 1. The maximum atomic E-state index is 9.97. The molecular weight excluding hydrogens is 330 g/mol. The third-order valence-electron chi connectivity index (χ3n) is 4.62. The van der Waals surface area contributed by atoms with E-state index >= 15 is 0 Å². The minimum Gasteiger partial charge on any atom is -0.502 e. The molecule has 6 nitrogen and oxygen atoms in total. The number of hydrazone groups is 1. The lowest BCUT2D eigenvalue weighted by Crippen LogP contribution is -3.13. The molecule has 0 aromatic heterocycles. The van der Waals surface area contributed by atoms with Crippen LogP contribution in [0.3, 0.4) is 0 Å². The number of phenolic OH excluding ortho intramolecular Hbond substituents is 1. The number of ether oxygens (including phenoxy) is 2. The molecule has 0 bridgehead atoms. The summed E-state index contributed by atoms with van der Waals surface area (Å²) in [6, 6.07) is 14.1. The Morgan fingerprint density at radius 3 is 2.27 bits per heavy atom. The van der Waals surface area contributed by atoms with Gasteiger partial charge < -0.3 is 19.5 Å². The van der Waals surface area contributed by atoms with Crippen molar-refractivity contribution in [3.63, 3.8) is 0 Å². The second-order valence-corrected chi connectivity index (χ2v) is 6.38. The van der Waals surface area contributed by atoms with Gasteiger partial charge in [-0.25, -0.2) is 0 Å². The number of aromatic hydroxyl groups is 1. The maximum absolute atomic E-state index is 9.97. The predicted octanol–water partition coefficient (Wildman–Crippen LogP) is 1.14. The number of methoxy groups -OCH3 is 2. The number of hydrogen-bond acceptors (Lipinski definition) is 5. The van der Waals surface area contributed by atoms with Crippen LogP contribution < -0.4 is 14.4 Å². The Morgan fingerprint density at radius 2 is 1.69 bits per heavy atom. The van der Waals surface area contributed by atoms with Gasteiger partial charge in [-0.2, -0.15) is 5.10 Å². The molecule has 0 radical (unpaired) electrons. The van der Waals surface area contributed by atoms with E-state index in [-0.39, 0.29) is 5.75 Å². The molecule has 0 aliphatic carbocycles. The highest BCUT2D eigenvalue weighted by Crippen LogP contribution is 2.36. The molecule has 0 saturated carbocycles. The fourth-order valence-electron chi connectivity index (χ4n) is 3.12. The molecule has 2 aromatic carbocycles. The summed E-state index contributed by atoms with van der Waals surface area (Å²) in [4.78, 5) is 1.58. The van der Waals surface area contributed by atoms with Crippen LogP contribution in [0.1, 0.15) is 11.1 Å². The lowest BCUT2D eigenvalue weighted by Gasteiger charge is -2.30. The van der Waals surface area contributed by atoms with Gasteiger partial charge in [0, 0.05) is 11.1 Å². The minimum atomic E-state index is 0.00489. The summed E-state index contributed by atoms with van der Waals surface area (Å²) >= 11 is 0. The smallest absolute Gasteiger partial charge is 0.200 e. The molecular formula is C20H26N3O3+. The van der Waals surface area contributed by atoms with Crippen molar-refractivity contribution in [2.45, 2.75) is 6.54 Å². The van der Waals surface area contributed by atoms with Crippen LogP contribution in [0, 0.1) is 0 Å². The molecule has 1 aliphatic heterocycles. The zero-order chi connectivity index (χ0) is 18.4. The number of piperazine rings is 1. The van der Waals surface area contributed by atoms with Gasteiger partial charge in [-0.3, -0.25) is 5.01 Å². The number of benzene rings is 2. The highest BCUT2D eigenvalue weighted by atomic mass is 16.5. The van der Waals surface area contributed by atoms with Crippen molar-refractivity contribution in [1.82, 2.24) is 5.01 Å². The van der Waals surface area contributed by atoms with Gasteiger partial charge in [0.15, 0.2) is 11.5 Å². The minimum absolute atomic E-state index is 0.00489. The van der Waals surface area contributed by atoms with Crippen molar-refractivity contribution in [1.29, 1.82) is 0 Å². The van der Waals surface area contributed by atoms with E-state index in [4.69, 9.17) is 9.47 Å². The van der Waals surface area contributed by atoms with E-state index in [1.54, 1.807) is 23.2 Å². The van der Waals surface area contributed by atoms with Gasteiger partial charge in [0.25, 0.3) is 0 Å². The van der Waals surface area contributed by atoms with Crippen molar-refractivity contribution >= 4 is 6.21 Å². The molecule has 2 aromatic rings. The van der Waals surface area contributed by atoms with Gasteiger partial charge in [0.2, 0.25) is 5.75 Å². The van der Waals surface area contributed by atoms with E-state index in [9.17, 15) is 5.11 Å². The molecule has 0 unspecified atom stereocenters. The summed E-state index contributed by atoms with van der Waals surface area (Å²) in [7, 11) is 3.04. The third-order valence-corrected chi connectivity index (χ3v) is 4.62. The van der Waals surface area contributed by atoms with Crippen molar-refractivity contribution in [3.8, 4) is 17.2 Å². The van der Waals surface area contributed by atoms with Crippen LogP contribution in [0.15, 0.2) is 47.6 Å². The average Bonchev–Trinajstić information content (AvgIpc) is 2.69. The molecule has 1 fully saturated rings. The van der Waals surface area contributed by atoms with E-state index in [0.29, 0.717) is 11.5 Å².